The van der Waals surface area contributed by atoms with E-state index in [0.717, 1.165) is 6.42 Å². The standard InChI is InChI=1S/C7H13O2Si/c1-3-7(2)8-6-4-5-10(6)9-7/h6H,3-5H2,1-2H3. The van der Waals surface area contributed by atoms with Gasteiger partial charge in [-0.2, -0.15) is 0 Å². The molecule has 2 heterocycles. The van der Waals surface area contributed by atoms with Crippen molar-refractivity contribution in [2.24, 2.45) is 0 Å². The number of rotatable bonds is 1. The molecule has 3 heteroatoms. The fourth-order valence-corrected chi connectivity index (χ4v) is 3.50. The Bertz CT molecular complexity index is 137. The smallest absolute Gasteiger partial charge is 0.245 e. The van der Waals surface area contributed by atoms with Gasteiger partial charge in [0.05, 0.1) is 5.73 Å². The fourth-order valence-electron chi connectivity index (χ4n) is 1.38. The van der Waals surface area contributed by atoms with Gasteiger partial charge in [0, 0.05) is 0 Å². The molecule has 0 aromatic rings. The summed E-state index contributed by atoms with van der Waals surface area (Å²) in [6.07, 6.45) is 2.22. The lowest BCUT2D eigenvalue weighted by Crippen LogP contribution is -2.37. The van der Waals surface area contributed by atoms with Crippen LogP contribution in [0.3, 0.4) is 0 Å². The SMILES string of the molecule is CCC1(C)OC2CC[Si]2O1. The highest BCUT2D eigenvalue weighted by Gasteiger charge is 2.50. The maximum Gasteiger partial charge on any atom is 0.245 e. The zero-order valence-electron chi connectivity index (χ0n) is 6.52. The van der Waals surface area contributed by atoms with Gasteiger partial charge in [0.25, 0.3) is 0 Å². The summed E-state index contributed by atoms with van der Waals surface area (Å²) in [5.74, 6) is -0.213. The molecule has 0 saturated carbocycles. The van der Waals surface area contributed by atoms with E-state index in [0.29, 0.717) is 5.73 Å². The molecule has 2 atom stereocenters. The Labute approximate surface area is 63.2 Å². The maximum absolute atomic E-state index is 5.78. The summed E-state index contributed by atoms with van der Waals surface area (Å²) < 4.78 is 11.5. The predicted octanol–water partition coefficient (Wildman–Crippen LogP) is 1.46. The molecule has 0 aromatic carbocycles. The first kappa shape index (κ1) is 6.82. The van der Waals surface area contributed by atoms with Crippen LogP contribution < -0.4 is 0 Å². The van der Waals surface area contributed by atoms with E-state index in [1.54, 1.807) is 0 Å². The van der Waals surface area contributed by atoms with E-state index < -0.39 is 9.04 Å². The molecule has 57 valence electrons. The molecule has 2 aliphatic rings. The number of ether oxygens (including phenoxy) is 1. The van der Waals surface area contributed by atoms with Gasteiger partial charge in [0.1, 0.15) is 0 Å². The van der Waals surface area contributed by atoms with E-state index in [9.17, 15) is 0 Å². The Morgan fingerprint density at radius 3 is 2.80 bits per heavy atom. The average Bonchev–Trinajstić information content (AvgIpc) is 2.13. The molecule has 0 aliphatic carbocycles. The summed E-state index contributed by atoms with van der Waals surface area (Å²) in [6, 6.07) is 1.30. The van der Waals surface area contributed by atoms with Crippen molar-refractivity contribution in [3.05, 3.63) is 0 Å². The van der Waals surface area contributed by atoms with Crippen molar-refractivity contribution in [2.75, 3.05) is 0 Å². The van der Waals surface area contributed by atoms with Gasteiger partial charge < -0.3 is 9.16 Å². The average molecular weight is 157 g/mol. The Morgan fingerprint density at radius 2 is 2.50 bits per heavy atom. The summed E-state index contributed by atoms with van der Waals surface area (Å²) >= 11 is 0. The lowest BCUT2D eigenvalue weighted by molar-refractivity contribution is -0.141. The van der Waals surface area contributed by atoms with E-state index in [1.165, 1.54) is 12.5 Å². The monoisotopic (exact) mass is 157 g/mol. The summed E-state index contributed by atoms with van der Waals surface area (Å²) in [5.41, 5.74) is 0.523. The highest BCUT2D eigenvalue weighted by molar-refractivity contribution is 6.57. The second-order valence-electron chi connectivity index (χ2n) is 3.20. The van der Waals surface area contributed by atoms with E-state index in [4.69, 9.17) is 9.16 Å². The Hall–Kier alpha value is 0.137. The van der Waals surface area contributed by atoms with Crippen LogP contribution in [0.2, 0.25) is 6.04 Å². The summed E-state index contributed by atoms with van der Waals surface area (Å²) in [7, 11) is -0.495. The van der Waals surface area contributed by atoms with Crippen LogP contribution in [0, 0.1) is 0 Å². The topological polar surface area (TPSA) is 18.5 Å². The number of fused-ring (bicyclic) bond motifs is 1. The highest BCUT2D eigenvalue weighted by Crippen LogP contribution is 2.39. The predicted molar refractivity (Wildman–Crippen MR) is 39.8 cm³/mol. The summed E-state index contributed by atoms with van der Waals surface area (Å²) in [4.78, 5) is 0. The first-order valence-electron chi connectivity index (χ1n) is 3.96. The van der Waals surface area contributed by atoms with E-state index in [1.807, 2.05) is 0 Å². The third-order valence-electron chi connectivity index (χ3n) is 2.39. The highest BCUT2D eigenvalue weighted by atomic mass is 28.3. The molecule has 2 fully saturated rings. The maximum atomic E-state index is 5.78. The third kappa shape index (κ3) is 0.846. The van der Waals surface area contributed by atoms with Gasteiger partial charge in [-0.1, -0.05) is 6.92 Å². The molecule has 0 bridgehead atoms. The quantitative estimate of drug-likeness (QED) is 0.536. The van der Waals surface area contributed by atoms with Crippen LogP contribution in [0.1, 0.15) is 26.7 Å². The molecule has 0 amide bonds. The van der Waals surface area contributed by atoms with Crippen LogP contribution in [0.5, 0.6) is 0 Å². The van der Waals surface area contributed by atoms with Gasteiger partial charge >= 0.3 is 0 Å². The molecular formula is C7H13O2Si. The van der Waals surface area contributed by atoms with E-state index >= 15 is 0 Å². The first-order chi connectivity index (χ1) is 4.73. The zero-order chi connectivity index (χ0) is 7.19. The number of hydrogen-bond acceptors (Lipinski definition) is 2. The van der Waals surface area contributed by atoms with E-state index in [2.05, 4.69) is 13.8 Å². The van der Waals surface area contributed by atoms with Crippen molar-refractivity contribution < 1.29 is 9.16 Å². The van der Waals surface area contributed by atoms with Crippen LogP contribution in [-0.2, 0) is 9.16 Å². The van der Waals surface area contributed by atoms with Crippen LogP contribution in [0.15, 0.2) is 0 Å². The van der Waals surface area contributed by atoms with Crippen LogP contribution in [-0.4, -0.2) is 20.6 Å². The summed E-state index contributed by atoms with van der Waals surface area (Å²) in [5, 5.41) is 0. The molecule has 0 spiro atoms. The zero-order valence-corrected chi connectivity index (χ0v) is 7.52. The molecular weight excluding hydrogens is 144 g/mol. The van der Waals surface area contributed by atoms with Gasteiger partial charge in [-0.25, -0.2) is 0 Å². The van der Waals surface area contributed by atoms with Crippen molar-refractivity contribution in [1.29, 1.82) is 0 Å². The molecule has 2 unspecified atom stereocenters. The Balaban J connectivity index is 2.03. The van der Waals surface area contributed by atoms with Gasteiger partial charge in [-0.3, -0.25) is 0 Å². The van der Waals surface area contributed by atoms with Crippen LogP contribution in [0.4, 0.5) is 0 Å². The Kier molecular flexibility index (Phi) is 1.41. The fraction of sp³-hybridized carbons (Fsp3) is 1.00. The van der Waals surface area contributed by atoms with Crippen molar-refractivity contribution in [3.8, 4) is 0 Å². The van der Waals surface area contributed by atoms with Gasteiger partial charge in [0.2, 0.25) is 9.04 Å². The normalized spacial score (nSPS) is 46.8. The molecule has 2 aliphatic heterocycles. The van der Waals surface area contributed by atoms with Gasteiger partial charge in [-0.15, -0.1) is 0 Å². The molecule has 2 nitrogen and oxygen atoms in total. The summed E-state index contributed by atoms with van der Waals surface area (Å²) in [6.45, 7) is 4.18. The lowest BCUT2D eigenvalue weighted by Gasteiger charge is -2.22. The van der Waals surface area contributed by atoms with Crippen molar-refractivity contribution in [1.82, 2.24) is 0 Å². The van der Waals surface area contributed by atoms with Crippen molar-refractivity contribution in [2.45, 2.75) is 44.2 Å². The molecule has 1 radical (unpaired) electrons. The molecule has 2 rings (SSSR count). The second-order valence-corrected chi connectivity index (χ2v) is 5.48. The minimum atomic E-state index is -0.495. The molecule has 0 N–H and O–H groups in total. The largest absolute Gasteiger partial charge is 0.387 e. The second kappa shape index (κ2) is 2.06. The minimum absolute atomic E-state index is 0.213. The molecule has 0 aromatic heterocycles. The minimum Gasteiger partial charge on any atom is -0.387 e. The van der Waals surface area contributed by atoms with Gasteiger partial charge in [0.15, 0.2) is 5.79 Å². The van der Waals surface area contributed by atoms with Gasteiger partial charge in [-0.05, 0) is 25.8 Å². The van der Waals surface area contributed by atoms with Crippen molar-refractivity contribution >= 4 is 9.04 Å². The molecule has 2 saturated heterocycles. The third-order valence-corrected chi connectivity index (χ3v) is 4.99. The Morgan fingerprint density at radius 1 is 1.70 bits per heavy atom. The van der Waals surface area contributed by atoms with E-state index in [-0.39, 0.29) is 5.79 Å². The first-order valence-corrected chi connectivity index (χ1v) is 5.65. The van der Waals surface area contributed by atoms with Crippen LogP contribution >= 0.6 is 0 Å². The molecule has 10 heavy (non-hydrogen) atoms. The van der Waals surface area contributed by atoms with Crippen LogP contribution in [0.25, 0.3) is 0 Å². The number of hydrogen-bond donors (Lipinski definition) is 0. The van der Waals surface area contributed by atoms with Crippen molar-refractivity contribution in [3.63, 3.8) is 0 Å². The lowest BCUT2D eigenvalue weighted by atomic mass is 10.2.